The van der Waals surface area contributed by atoms with E-state index in [1.165, 1.54) is 4.31 Å². The fourth-order valence-corrected chi connectivity index (χ4v) is 4.17. The third-order valence-corrected chi connectivity index (χ3v) is 6.52. The molecule has 0 bridgehead atoms. The van der Waals surface area contributed by atoms with Crippen molar-refractivity contribution in [1.29, 1.82) is 0 Å². The van der Waals surface area contributed by atoms with Crippen LogP contribution in [0.25, 0.3) is 11.3 Å². The van der Waals surface area contributed by atoms with E-state index in [0.717, 1.165) is 22.8 Å². The summed E-state index contributed by atoms with van der Waals surface area (Å²) in [6, 6.07) is 9.50. The number of benzene rings is 1. The monoisotopic (exact) mass is 376 g/mol. The van der Waals surface area contributed by atoms with Gasteiger partial charge in [0.2, 0.25) is 16.8 Å². The van der Waals surface area contributed by atoms with Gasteiger partial charge in [-0.2, -0.15) is 4.31 Å². The van der Waals surface area contributed by atoms with Gasteiger partial charge < -0.3 is 14.4 Å². The lowest BCUT2D eigenvalue weighted by Gasteiger charge is -2.34. The van der Waals surface area contributed by atoms with E-state index in [1.54, 1.807) is 6.92 Å². The molecule has 1 aromatic carbocycles. The number of fused-ring (bicyclic) bond motifs is 1. The van der Waals surface area contributed by atoms with Crippen LogP contribution in [0.5, 0.6) is 11.5 Å². The van der Waals surface area contributed by atoms with E-state index in [1.807, 2.05) is 30.3 Å². The second-order valence-electron chi connectivity index (χ2n) is 6.13. The van der Waals surface area contributed by atoms with E-state index < -0.39 is 10.0 Å². The van der Waals surface area contributed by atoms with Gasteiger partial charge in [0.25, 0.3) is 0 Å². The van der Waals surface area contributed by atoms with Crippen molar-refractivity contribution in [3.63, 3.8) is 0 Å². The number of ether oxygens (including phenoxy) is 2. The van der Waals surface area contributed by atoms with Gasteiger partial charge in [0.1, 0.15) is 0 Å². The lowest BCUT2D eigenvalue weighted by molar-refractivity contribution is 0.174. The fraction of sp³-hybridized carbons (Fsp3) is 0.412. The molecule has 0 spiro atoms. The van der Waals surface area contributed by atoms with Crippen molar-refractivity contribution in [2.24, 2.45) is 0 Å². The molecule has 1 aromatic heterocycles. The van der Waals surface area contributed by atoms with E-state index in [0.29, 0.717) is 31.9 Å². The summed E-state index contributed by atoms with van der Waals surface area (Å²) in [6.07, 6.45) is 0. The lowest BCUT2D eigenvalue weighted by Crippen LogP contribution is -2.49. The second-order valence-corrected chi connectivity index (χ2v) is 8.39. The first-order valence-electron chi connectivity index (χ1n) is 8.53. The van der Waals surface area contributed by atoms with Crippen molar-refractivity contribution in [3.8, 4) is 22.8 Å². The summed E-state index contributed by atoms with van der Waals surface area (Å²) in [5.41, 5.74) is 1.66. The van der Waals surface area contributed by atoms with E-state index in [2.05, 4.69) is 15.1 Å². The molecule has 8 nitrogen and oxygen atoms in total. The fourth-order valence-electron chi connectivity index (χ4n) is 3.08. The summed E-state index contributed by atoms with van der Waals surface area (Å²) in [7, 11) is -3.13. The summed E-state index contributed by atoms with van der Waals surface area (Å²) in [6.45, 7) is 4.07. The van der Waals surface area contributed by atoms with Gasteiger partial charge in [0.05, 0.1) is 11.4 Å². The number of aromatic nitrogens is 2. The van der Waals surface area contributed by atoms with Gasteiger partial charge in [0, 0.05) is 31.7 Å². The second kappa shape index (κ2) is 6.73. The molecule has 0 radical (unpaired) electrons. The van der Waals surface area contributed by atoms with Crippen LogP contribution < -0.4 is 14.4 Å². The molecular weight excluding hydrogens is 356 g/mol. The molecule has 0 atom stereocenters. The Hall–Kier alpha value is -2.39. The lowest BCUT2D eigenvalue weighted by atomic mass is 10.1. The Balaban J connectivity index is 1.45. The molecule has 138 valence electrons. The largest absolute Gasteiger partial charge is 0.454 e. The van der Waals surface area contributed by atoms with Crippen LogP contribution in [0, 0.1) is 0 Å². The first-order valence-corrected chi connectivity index (χ1v) is 10.1. The number of sulfonamides is 1. The van der Waals surface area contributed by atoms with Crippen LogP contribution in [0.3, 0.4) is 0 Å². The molecule has 3 heterocycles. The Morgan fingerprint density at radius 3 is 2.46 bits per heavy atom. The van der Waals surface area contributed by atoms with Crippen LogP contribution in [0.1, 0.15) is 6.92 Å². The molecular formula is C17H20N4O4S. The maximum Gasteiger partial charge on any atom is 0.231 e. The first-order chi connectivity index (χ1) is 12.6. The van der Waals surface area contributed by atoms with Crippen molar-refractivity contribution < 1.29 is 17.9 Å². The first kappa shape index (κ1) is 17.0. The molecule has 0 amide bonds. The Bertz CT molecular complexity index is 893. The summed E-state index contributed by atoms with van der Waals surface area (Å²) in [4.78, 5) is 2.05. The van der Waals surface area contributed by atoms with Crippen LogP contribution >= 0.6 is 0 Å². The van der Waals surface area contributed by atoms with Gasteiger partial charge in [-0.25, -0.2) is 8.42 Å². The van der Waals surface area contributed by atoms with Gasteiger partial charge >= 0.3 is 0 Å². The van der Waals surface area contributed by atoms with Crippen molar-refractivity contribution in [2.75, 3.05) is 43.6 Å². The topological polar surface area (TPSA) is 84.9 Å². The zero-order chi connectivity index (χ0) is 18.1. The molecule has 2 aliphatic heterocycles. The Labute approximate surface area is 152 Å². The van der Waals surface area contributed by atoms with Gasteiger partial charge in [0.15, 0.2) is 17.3 Å². The number of rotatable bonds is 4. The predicted molar refractivity (Wildman–Crippen MR) is 96.8 cm³/mol. The average Bonchev–Trinajstić information content (AvgIpc) is 3.16. The molecule has 0 N–H and O–H groups in total. The van der Waals surface area contributed by atoms with Gasteiger partial charge in [-0.15, -0.1) is 10.2 Å². The SMILES string of the molecule is CCS(=O)(=O)N1CCN(c2ccc(-c3ccc4c(c3)OCO4)nn2)CC1. The van der Waals surface area contributed by atoms with Crippen molar-refractivity contribution in [1.82, 2.24) is 14.5 Å². The Kier molecular flexibility index (Phi) is 4.41. The molecule has 0 aliphatic carbocycles. The molecule has 1 saturated heterocycles. The van der Waals surface area contributed by atoms with Gasteiger partial charge in [-0.3, -0.25) is 0 Å². The van der Waals surface area contributed by atoms with Crippen LogP contribution in [0.2, 0.25) is 0 Å². The zero-order valence-electron chi connectivity index (χ0n) is 14.5. The van der Waals surface area contributed by atoms with Crippen LogP contribution in [-0.2, 0) is 10.0 Å². The predicted octanol–water partition coefficient (Wildman–Crippen LogP) is 1.34. The molecule has 2 aromatic rings. The number of hydrogen-bond acceptors (Lipinski definition) is 7. The van der Waals surface area contributed by atoms with Crippen LogP contribution in [0.4, 0.5) is 5.82 Å². The van der Waals surface area contributed by atoms with E-state index >= 15 is 0 Å². The van der Waals surface area contributed by atoms with Gasteiger partial charge in [-0.05, 0) is 37.3 Å². The van der Waals surface area contributed by atoms with Crippen molar-refractivity contribution in [2.45, 2.75) is 6.92 Å². The maximum atomic E-state index is 11.9. The molecule has 1 fully saturated rings. The van der Waals surface area contributed by atoms with Crippen molar-refractivity contribution >= 4 is 15.8 Å². The highest BCUT2D eigenvalue weighted by Crippen LogP contribution is 2.35. The highest BCUT2D eigenvalue weighted by atomic mass is 32.2. The quantitative estimate of drug-likeness (QED) is 0.796. The molecule has 26 heavy (non-hydrogen) atoms. The normalized spacial score (nSPS) is 17.5. The minimum atomic E-state index is -3.13. The van der Waals surface area contributed by atoms with E-state index in [-0.39, 0.29) is 12.5 Å². The molecule has 9 heteroatoms. The van der Waals surface area contributed by atoms with E-state index in [9.17, 15) is 8.42 Å². The third-order valence-electron chi connectivity index (χ3n) is 4.64. The average molecular weight is 376 g/mol. The van der Waals surface area contributed by atoms with E-state index in [4.69, 9.17) is 9.47 Å². The van der Waals surface area contributed by atoms with Crippen LogP contribution in [0.15, 0.2) is 30.3 Å². The molecule has 0 unspecified atom stereocenters. The Morgan fingerprint density at radius 1 is 1.00 bits per heavy atom. The van der Waals surface area contributed by atoms with Crippen molar-refractivity contribution in [3.05, 3.63) is 30.3 Å². The molecule has 0 saturated carbocycles. The van der Waals surface area contributed by atoms with Crippen LogP contribution in [-0.4, -0.2) is 61.6 Å². The highest BCUT2D eigenvalue weighted by molar-refractivity contribution is 7.89. The molecule has 4 rings (SSSR count). The summed E-state index contributed by atoms with van der Waals surface area (Å²) in [5.74, 6) is 2.33. The summed E-state index contributed by atoms with van der Waals surface area (Å²) in [5, 5.41) is 8.63. The zero-order valence-corrected chi connectivity index (χ0v) is 15.3. The number of piperazine rings is 1. The highest BCUT2D eigenvalue weighted by Gasteiger charge is 2.26. The number of hydrogen-bond donors (Lipinski definition) is 0. The summed E-state index contributed by atoms with van der Waals surface area (Å²) >= 11 is 0. The minimum Gasteiger partial charge on any atom is -0.454 e. The maximum absolute atomic E-state index is 11.9. The number of anilines is 1. The third kappa shape index (κ3) is 3.19. The number of nitrogens with zero attached hydrogens (tertiary/aromatic N) is 4. The standard InChI is InChI=1S/C17H20N4O4S/c1-2-26(22,23)21-9-7-20(8-10-21)17-6-4-14(18-19-17)13-3-5-15-16(11-13)25-12-24-15/h3-6,11H,2,7-10,12H2,1H3. The van der Waals surface area contributed by atoms with Gasteiger partial charge in [-0.1, -0.05) is 0 Å². The summed E-state index contributed by atoms with van der Waals surface area (Å²) < 4.78 is 36.1. The minimum absolute atomic E-state index is 0.136. The molecule has 2 aliphatic rings. The Morgan fingerprint density at radius 2 is 1.77 bits per heavy atom. The smallest absolute Gasteiger partial charge is 0.231 e.